The predicted octanol–water partition coefficient (Wildman–Crippen LogP) is 1.81. The zero-order valence-corrected chi connectivity index (χ0v) is 6.92. The molecule has 0 unspecified atom stereocenters. The van der Waals surface area contributed by atoms with Crippen molar-refractivity contribution in [3.8, 4) is 0 Å². The lowest BCUT2D eigenvalue weighted by molar-refractivity contribution is 0.100. The maximum atomic E-state index is 10.6. The summed E-state index contributed by atoms with van der Waals surface area (Å²) in [6.45, 7) is 1.81. The van der Waals surface area contributed by atoms with Crippen molar-refractivity contribution in [2.45, 2.75) is 6.92 Å². The Morgan fingerprint density at radius 3 is 2.60 bits per heavy atom. The second-order valence-electron chi connectivity index (χ2n) is 1.93. The summed E-state index contributed by atoms with van der Waals surface area (Å²) in [6.07, 6.45) is 0. The van der Waals surface area contributed by atoms with Crippen molar-refractivity contribution in [1.29, 1.82) is 0 Å². The van der Waals surface area contributed by atoms with Crippen LogP contribution in [0.15, 0.2) is 6.07 Å². The standard InChI is InChI=1S/C6H6ClNOS/c1-3-2-4(7)10-5(3)6(8)9/h2H,1H3,(H2,8,9). The molecule has 0 spiro atoms. The van der Waals surface area contributed by atoms with Gasteiger partial charge in [0.15, 0.2) is 0 Å². The van der Waals surface area contributed by atoms with E-state index in [4.69, 9.17) is 17.3 Å². The molecule has 10 heavy (non-hydrogen) atoms. The lowest BCUT2D eigenvalue weighted by Gasteiger charge is -1.87. The number of primary amides is 1. The van der Waals surface area contributed by atoms with Crippen molar-refractivity contribution in [3.05, 3.63) is 20.8 Å². The number of carbonyl (C=O) groups excluding carboxylic acids is 1. The summed E-state index contributed by atoms with van der Waals surface area (Å²) in [7, 11) is 0. The summed E-state index contributed by atoms with van der Waals surface area (Å²) in [5.41, 5.74) is 5.89. The van der Waals surface area contributed by atoms with Crippen LogP contribution >= 0.6 is 22.9 Å². The average Bonchev–Trinajstić information content (AvgIpc) is 2.10. The van der Waals surface area contributed by atoms with Gasteiger partial charge in [0.1, 0.15) is 0 Å². The summed E-state index contributed by atoms with van der Waals surface area (Å²) in [5, 5.41) is 0. The van der Waals surface area contributed by atoms with Crippen LogP contribution in [0.2, 0.25) is 4.34 Å². The Kier molecular flexibility index (Phi) is 1.97. The van der Waals surface area contributed by atoms with Crippen LogP contribution in [-0.4, -0.2) is 5.91 Å². The molecule has 2 N–H and O–H groups in total. The predicted molar refractivity (Wildman–Crippen MR) is 42.6 cm³/mol. The fourth-order valence-electron chi connectivity index (χ4n) is 0.688. The first-order chi connectivity index (χ1) is 4.61. The number of rotatable bonds is 1. The van der Waals surface area contributed by atoms with Crippen molar-refractivity contribution in [1.82, 2.24) is 0 Å². The number of nitrogens with two attached hydrogens (primary N) is 1. The molecule has 54 valence electrons. The van der Waals surface area contributed by atoms with Gasteiger partial charge in [0.25, 0.3) is 5.91 Å². The highest BCUT2D eigenvalue weighted by molar-refractivity contribution is 7.18. The highest BCUT2D eigenvalue weighted by Gasteiger charge is 2.07. The Morgan fingerprint density at radius 2 is 2.40 bits per heavy atom. The van der Waals surface area contributed by atoms with E-state index in [1.165, 1.54) is 11.3 Å². The molecule has 0 aliphatic heterocycles. The van der Waals surface area contributed by atoms with Crippen LogP contribution in [0.1, 0.15) is 15.2 Å². The molecule has 0 aliphatic carbocycles. The minimum absolute atomic E-state index is 0.408. The number of aryl methyl sites for hydroxylation is 1. The smallest absolute Gasteiger partial charge is 0.259 e. The van der Waals surface area contributed by atoms with Gasteiger partial charge in [-0.15, -0.1) is 11.3 Å². The van der Waals surface area contributed by atoms with E-state index in [-0.39, 0.29) is 0 Å². The third-order valence-corrected chi connectivity index (χ3v) is 2.49. The Labute approximate surface area is 67.6 Å². The van der Waals surface area contributed by atoms with E-state index in [0.717, 1.165) is 5.56 Å². The molecule has 1 heterocycles. The van der Waals surface area contributed by atoms with E-state index >= 15 is 0 Å². The first kappa shape index (κ1) is 7.57. The van der Waals surface area contributed by atoms with Gasteiger partial charge in [0, 0.05) is 0 Å². The Balaban J connectivity index is 3.15. The first-order valence-electron chi connectivity index (χ1n) is 2.67. The monoisotopic (exact) mass is 175 g/mol. The van der Waals surface area contributed by atoms with Gasteiger partial charge in [0.05, 0.1) is 9.21 Å². The van der Waals surface area contributed by atoms with E-state index in [9.17, 15) is 4.79 Å². The SMILES string of the molecule is Cc1cc(Cl)sc1C(N)=O. The summed E-state index contributed by atoms with van der Waals surface area (Å²) in [6, 6.07) is 1.73. The van der Waals surface area contributed by atoms with Gasteiger partial charge < -0.3 is 5.73 Å². The maximum absolute atomic E-state index is 10.6. The summed E-state index contributed by atoms with van der Waals surface area (Å²) >= 11 is 6.83. The molecule has 1 aromatic rings. The molecular weight excluding hydrogens is 170 g/mol. The van der Waals surface area contributed by atoms with Crippen molar-refractivity contribution < 1.29 is 4.79 Å². The maximum Gasteiger partial charge on any atom is 0.259 e. The van der Waals surface area contributed by atoms with Gasteiger partial charge in [-0.25, -0.2) is 0 Å². The first-order valence-corrected chi connectivity index (χ1v) is 3.86. The van der Waals surface area contributed by atoms with Crippen LogP contribution in [0.3, 0.4) is 0 Å². The van der Waals surface area contributed by atoms with Crippen LogP contribution in [-0.2, 0) is 0 Å². The Hall–Kier alpha value is -0.540. The molecule has 2 nitrogen and oxygen atoms in total. The van der Waals surface area contributed by atoms with Crippen molar-refractivity contribution in [2.75, 3.05) is 0 Å². The topological polar surface area (TPSA) is 43.1 Å². The largest absolute Gasteiger partial charge is 0.365 e. The molecule has 1 rings (SSSR count). The molecule has 0 radical (unpaired) electrons. The third kappa shape index (κ3) is 1.30. The van der Waals surface area contributed by atoms with E-state index in [0.29, 0.717) is 9.21 Å². The molecular formula is C6H6ClNOS. The molecule has 0 saturated heterocycles. The third-order valence-electron chi connectivity index (χ3n) is 1.11. The van der Waals surface area contributed by atoms with Crippen molar-refractivity contribution >= 4 is 28.8 Å². The number of amides is 1. The van der Waals surface area contributed by atoms with Gasteiger partial charge >= 0.3 is 0 Å². The molecule has 4 heteroatoms. The van der Waals surface area contributed by atoms with Gasteiger partial charge in [-0.1, -0.05) is 11.6 Å². The summed E-state index contributed by atoms with van der Waals surface area (Å²) < 4.78 is 0.603. The lowest BCUT2D eigenvalue weighted by Crippen LogP contribution is -2.09. The van der Waals surface area contributed by atoms with E-state index in [1.807, 2.05) is 6.92 Å². The van der Waals surface area contributed by atoms with E-state index in [1.54, 1.807) is 6.07 Å². The van der Waals surface area contributed by atoms with Crippen LogP contribution in [0, 0.1) is 6.92 Å². The van der Waals surface area contributed by atoms with Gasteiger partial charge in [-0.05, 0) is 18.6 Å². The number of carbonyl (C=O) groups is 1. The zero-order chi connectivity index (χ0) is 7.72. The molecule has 0 bridgehead atoms. The lowest BCUT2D eigenvalue weighted by atomic mass is 10.3. The van der Waals surface area contributed by atoms with E-state index < -0.39 is 5.91 Å². The fourth-order valence-corrected chi connectivity index (χ4v) is 1.83. The molecule has 0 atom stereocenters. The van der Waals surface area contributed by atoms with Crippen LogP contribution in [0.4, 0.5) is 0 Å². The second kappa shape index (κ2) is 2.60. The van der Waals surface area contributed by atoms with Gasteiger partial charge in [-0.3, -0.25) is 4.79 Å². The number of hydrogen-bond donors (Lipinski definition) is 1. The second-order valence-corrected chi connectivity index (χ2v) is 3.61. The Bertz CT molecular complexity index is 269. The highest BCUT2D eigenvalue weighted by atomic mass is 35.5. The molecule has 0 aromatic carbocycles. The minimum Gasteiger partial charge on any atom is -0.365 e. The fraction of sp³-hybridized carbons (Fsp3) is 0.167. The normalized spacial score (nSPS) is 9.80. The summed E-state index contributed by atoms with van der Waals surface area (Å²) in [4.78, 5) is 11.2. The Morgan fingerprint density at radius 1 is 1.80 bits per heavy atom. The molecule has 1 aromatic heterocycles. The van der Waals surface area contributed by atoms with Gasteiger partial charge in [0.2, 0.25) is 0 Å². The quantitative estimate of drug-likeness (QED) is 0.695. The van der Waals surface area contributed by atoms with Crippen LogP contribution in [0.25, 0.3) is 0 Å². The summed E-state index contributed by atoms with van der Waals surface area (Å²) in [5.74, 6) is -0.408. The zero-order valence-electron chi connectivity index (χ0n) is 5.35. The van der Waals surface area contributed by atoms with Gasteiger partial charge in [-0.2, -0.15) is 0 Å². The van der Waals surface area contributed by atoms with Crippen molar-refractivity contribution in [3.63, 3.8) is 0 Å². The van der Waals surface area contributed by atoms with E-state index in [2.05, 4.69) is 0 Å². The average molecular weight is 176 g/mol. The molecule has 1 amide bonds. The molecule has 0 fully saturated rings. The van der Waals surface area contributed by atoms with Crippen LogP contribution < -0.4 is 5.73 Å². The molecule has 0 saturated carbocycles. The highest BCUT2D eigenvalue weighted by Crippen LogP contribution is 2.25. The van der Waals surface area contributed by atoms with Crippen molar-refractivity contribution in [2.24, 2.45) is 5.73 Å². The number of hydrogen-bond acceptors (Lipinski definition) is 2. The minimum atomic E-state index is -0.408. The molecule has 0 aliphatic rings. The van der Waals surface area contributed by atoms with Crippen LogP contribution in [0.5, 0.6) is 0 Å². The number of halogens is 1. The number of thiophene rings is 1.